The van der Waals surface area contributed by atoms with Crippen molar-refractivity contribution in [3.63, 3.8) is 0 Å². The maximum Gasteiger partial charge on any atom is 0.244 e. The Morgan fingerprint density at radius 2 is 1.91 bits per heavy atom. The summed E-state index contributed by atoms with van der Waals surface area (Å²) in [5.41, 5.74) is 1.75. The summed E-state index contributed by atoms with van der Waals surface area (Å²) in [5.74, 6) is -0.257. The minimum atomic E-state index is -0.175. The van der Waals surface area contributed by atoms with Crippen LogP contribution in [0.25, 0.3) is 0 Å². The molecule has 6 heteroatoms. The zero-order valence-electron chi connectivity index (χ0n) is 13.6. The molecule has 1 rings (SSSR count). The van der Waals surface area contributed by atoms with Gasteiger partial charge in [0.2, 0.25) is 11.8 Å². The molecule has 0 spiro atoms. The molecule has 122 valence electrons. The first-order valence-electron chi connectivity index (χ1n) is 7.26. The number of nitrogens with zero attached hydrogens (tertiary/aromatic N) is 2. The van der Waals surface area contributed by atoms with E-state index in [1.807, 2.05) is 39.2 Å². The molecule has 0 saturated heterocycles. The monoisotopic (exact) mass is 369 g/mol. The highest BCUT2D eigenvalue weighted by atomic mass is 79.9. The number of carbonyl (C=O) groups is 2. The molecule has 0 heterocycles. The Labute approximate surface area is 140 Å². The highest BCUT2D eigenvalue weighted by Gasteiger charge is 2.14. The van der Waals surface area contributed by atoms with Crippen LogP contribution in [0.1, 0.15) is 18.9 Å². The van der Waals surface area contributed by atoms with Crippen LogP contribution in [0.15, 0.2) is 22.7 Å². The van der Waals surface area contributed by atoms with Crippen molar-refractivity contribution in [2.24, 2.45) is 0 Å². The van der Waals surface area contributed by atoms with Crippen LogP contribution >= 0.6 is 15.9 Å². The molecule has 0 bridgehead atoms. The Balaban J connectivity index is 2.57. The predicted octanol–water partition coefficient (Wildman–Crippen LogP) is 2.50. The van der Waals surface area contributed by atoms with Crippen LogP contribution in [-0.2, 0) is 9.59 Å². The second-order valence-electron chi connectivity index (χ2n) is 5.60. The van der Waals surface area contributed by atoms with Crippen LogP contribution in [0.5, 0.6) is 0 Å². The number of rotatable bonds is 7. The van der Waals surface area contributed by atoms with Crippen molar-refractivity contribution < 1.29 is 9.59 Å². The Kier molecular flexibility index (Phi) is 7.55. The van der Waals surface area contributed by atoms with Gasteiger partial charge in [-0.1, -0.05) is 15.9 Å². The third-order valence-corrected chi connectivity index (χ3v) is 3.77. The normalized spacial score (nSPS) is 10.6. The second-order valence-corrected chi connectivity index (χ2v) is 6.52. The van der Waals surface area contributed by atoms with E-state index in [-0.39, 0.29) is 18.4 Å². The predicted molar refractivity (Wildman–Crippen MR) is 92.9 cm³/mol. The van der Waals surface area contributed by atoms with Gasteiger partial charge in [-0.15, -0.1) is 0 Å². The van der Waals surface area contributed by atoms with E-state index >= 15 is 0 Å². The van der Waals surface area contributed by atoms with Gasteiger partial charge in [0.05, 0.1) is 6.54 Å². The number of hydrogen-bond acceptors (Lipinski definition) is 3. The molecule has 1 aromatic carbocycles. The third kappa shape index (κ3) is 6.58. The zero-order chi connectivity index (χ0) is 16.7. The summed E-state index contributed by atoms with van der Waals surface area (Å²) in [6, 6.07) is 5.67. The van der Waals surface area contributed by atoms with Crippen LogP contribution in [0.3, 0.4) is 0 Å². The van der Waals surface area contributed by atoms with Crippen molar-refractivity contribution in [1.29, 1.82) is 0 Å². The first-order chi connectivity index (χ1) is 10.3. The average molecular weight is 370 g/mol. The lowest BCUT2D eigenvalue weighted by atomic mass is 10.2. The number of amides is 2. The van der Waals surface area contributed by atoms with E-state index in [1.54, 1.807) is 4.90 Å². The fourth-order valence-electron chi connectivity index (χ4n) is 2.06. The fourth-order valence-corrected chi connectivity index (χ4v) is 2.53. The van der Waals surface area contributed by atoms with Crippen LogP contribution in [0.2, 0.25) is 0 Å². The standard InChI is InChI=1S/C16H24BrN3O2/c1-12-10-14(17)6-7-15(12)18-16(22)11-20(13(2)21)9-5-8-19(3)4/h6-7,10H,5,8-9,11H2,1-4H3,(H,18,22). The summed E-state index contributed by atoms with van der Waals surface area (Å²) in [6.45, 7) is 4.98. The van der Waals surface area contributed by atoms with Gasteiger partial charge in [0, 0.05) is 23.6 Å². The van der Waals surface area contributed by atoms with E-state index in [2.05, 4.69) is 26.1 Å². The first kappa shape index (κ1) is 18.6. The zero-order valence-corrected chi connectivity index (χ0v) is 15.2. The molecule has 1 aromatic rings. The number of halogens is 1. The summed E-state index contributed by atoms with van der Waals surface area (Å²) < 4.78 is 0.969. The molecule has 0 unspecified atom stereocenters. The molecular formula is C16H24BrN3O2. The Hall–Kier alpha value is -1.40. The quantitative estimate of drug-likeness (QED) is 0.803. The number of hydrogen-bond donors (Lipinski definition) is 1. The van der Waals surface area contributed by atoms with Gasteiger partial charge < -0.3 is 15.1 Å². The summed E-state index contributed by atoms with van der Waals surface area (Å²) in [7, 11) is 3.97. The Morgan fingerprint density at radius 1 is 1.23 bits per heavy atom. The van der Waals surface area contributed by atoms with Crippen LogP contribution in [-0.4, -0.2) is 55.3 Å². The van der Waals surface area contributed by atoms with E-state index in [4.69, 9.17) is 0 Å². The average Bonchev–Trinajstić information content (AvgIpc) is 2.40. The Bertz CT molecular complexity index is 532. The molecule has 0 atom stereocenters. The minimum Gasteiger partial charge on any atom is -0.334 e. The first-order valence-corrected chi connectivity index (χ1v) is 8.05. The summed E-state index contributed by atoms with van der Waals surface area (Å²) in [6.07, 6.45) is 0.844. The minimum absolute atomic E-state index is 0.0816. The smallest absolute Gasteiger partial charge is 0.244 e. The number of carbonyl (C=O) groups excluding carboxylic acids is 2. The van der Waals surface area contributed by atoms with E-state index in [9.17, 15) is 9.59 Å². The summed E-state index contributed by atoms with van der Waals surface area (Å²) >= 11 is 3.39. The largest absolute Gasteiger partial charge is 0.334 e. The topological polar surface area (TPSA) is 52.7 Å². The van der Waals surface area contributed by atoms with Crippen molar-refractivity contribution in [2.75, 3.05) is 39.0 Å². The molecule has 22 heavy (non-hydrogen) atoms. The maximum atomic E-state index is 12.1. The summed E-state index contributed by atoms with van der Waals surface area (Å²) in [5, 5.41) is 2.86. The van der Waals surface area contributed by atoms with E-state index < -0.39 is 0 Å². The van der Waals surface area contributed by atoms with Crippen molar-refractivity contribution in [3.8, 4) is 0 Å². The van der Waals surface area contributed by atoms with Gasteiger partial charge in [0.25, 0.3) is 0 Å². The number of aryl methyl sites for hydroxylation is 1. The van der Waals surface area contributed by atoms with Crippen LogP contribution < -0.4 is 5.32 Å². The van der Waals surface area contributed by atoms with E-state index in [0.29, 0.717) is 6.54 Å². The molecule has 0 saturated carbocycles. The van der Waals surface area contributed by atoms with E-state index in [1.165, 1.54) is 6.92 Å². The highest BCUT2D eigenvalue weighted by Crippen LogP contribution is 2.19. The van der Waals surface area contributed by atoms with Crippen molar-refractivity contribution in [1.82, 2.24) is 9.80 Å². The van der Waals surface area contributed by atoms with Crippen LogP contribution in [0.4, 0.5) is 5.69 Å². The molecule has 0 radical (unpaired) electrons. The fraction of sp³-hybridized carbons (Fsp3) is 0.500. The van der Waals surface area contributed by atoms with Crippen LogP contribution in [0, 0.1) is 6.92 Å². The van der Waals surface area contributed by atoms with Gasteiger partial charge in [-0.25, -0.2) is 0 Å². The molecule has 0 fully saturated rings. The number of benzene rings is 1. The summed E-state index contributed by atoms with van der Waals surface area (Å²) in [4.78, 5) is 27.4. The van der Waals surface area contributed by atoms with Gasteiger partial charge in [0.15, 0.2) is 0 Å². The van der Waals surface area contributed by atoms with Gasteiger partial charge >= 0.3 is 0 Å². The molecule has 2 amide bonds. The van der Waals surface area contributed by atoms with Crippen molar-refractivity contribution in [2.45, 2.75) is 20.3 Å². The SMILES string of the molecule is CC(=O)N(CCCN(C)C)CC(=O)Nc1ccc(Br)cc1C. The molecule has 5 nitrogen and oxygen atoms in total. The molecule has 0 aliphatic carbocycles. The van der Waals surface area contributed by atoms with E-state index in [0.717, 1.165) is 28.7 Å². The second kappa shape index (κ2) is 8.90. The molecule has 0 aliphatic rings. The van der Waals surface area contributed by atoms with Gasteiger partial charge in [-0.05, 0) is 57.7 Å². The van der Waals surface area contributed by atoms with Gasteiger partial charge in [-0.3, -0.25) is 9.59 Å². The van der Waals surface area contributed by atoms with Crippen molar-refractivity contribution >= 4 is 33.4 Å². The molecule has 0 aromatic heterocycles. The lowest BCUT2D eigenvalue weighted by molar-refractivity contribution is -0.132. The highest BCUT2D eigenvalue weighted by molar-refractivity contribution is 9.10. The van der Waals surface area contributed by atoms with Crippen molar-refractivity contribution in [3.05, 3.63) is 28.2 Å². The molecule has 1 N–H and O–H groups in total. The third-order valence-electron chi connectivity index (χ3n) is 3.28. The van der Waals surface area contributed by atoms with Gasteiger partial charge in [0.1, 0.15) is 0 Å². The number of anilines is 1. The lowest BCUT2D eigenvalue weighted by Crippen LogP contribution is -2.38. The maximum absolute atomic E-state index is 12.1. The van der Waals surface area contributed by atoms with Gasteiger partial charge in [-0.2, -0.15) is 0 Å². The molecule has 0 aliphatic heterocycles. The number of nitrogens with one attached hydrogen (secondary N) is 1. The molecular weight excluding hydrogens is 346 g/mol. The Morgan fingerprint density at radius 3 is 2.45 bits per heavy atom. The lowest BCUT2D eigenvalue weighted by Gasteiger charge is -2.21.